The number of aryl methyl sites for hydroxylation is 1. The topological polar surface area (TPSA) is 64.3 Å². The van der Waals surface area contributed by atoms with Crippen molar-refractivity contribution in [1.82, 2.24) is 24.6 Å². The Balaban J connectivity index is 1.43. The summed E-state index contributed by atoms with van der Waals surface area (Å²) in [5, 5.41) is 11.1. The largest absolute Gasteiger partial charge is 0.379 e. The maximum absolute atomic E-state index is 13.2. The van der Waals surface area contributed by atoms with Crippen LogP contribution in [-0.4, -0.2) is 64.5 Å². The summed E-state index contributed by atoms with van der Waals surface area (Å²) >= 11 is 1.66. The van der Waals surface area contributed by atoms with E-state index in [1.54, 1.807) is 11.3 Å². The average Bonchev–Trinajstić information content (AvgIpc) is 3.59. The maximum Gasteiger partial charge on any atom is 0.267 e. The first-order valence-electron chi connectivity index (χ1n) is 11.6. The normalized spacial score (nSPS) is 14.7. The molecule has 1 fully saturated rings. The maximum atomic E-state index is 13.2. The van der Waals surface area contributed by atoms with E-state index in [-0.39, 0.29) is 5.91 Å². The number of hydrogen-bond donors (Lipinski definition) is 1. The number of aromatic nitrogens is 3. The predicted molar refractivity (Wildman–Crippen MR) is 132 cm³/mol. The third-order valence-corrected chi connectivity index (χ3v) is 6.95. The van der Waals surface area contributed by atoms with Crippen LogP contribution in [-0.2, 0) is 11.3 Å². The number of carbonyl (C=O) groups excluding carboxylic acids is 1. The van der Waals surface area contributed by atoms with Crippen molar-refractivity contribution in [1.29, 1.82) is 0 Å². The van der Waals surface area contributed by atoms with Gasteiger partial charge < -0.3 is 14.6 Å². The Labute approximate surface area is 197 Å². The number of carbonyl (C=O) groups is 1. The standard InChI is InChI=1S/C25H29N5O2S/c1-2-29-21(24(31)26-11-7-12-28-13-15-32-16-14-28)18-20-23(22-10-6-17-33-22)27-30(25(20)29)19-8-4-3-5-9-19/h3-6,8-10,17-18H,2,7,11-16H2,1H3,(H,26,31). The third kappa shape index (κ3) is 4.46. The summed E-state index contributed by atoms with van der Waals surface area (Å²) in [6.07, 6.45) is 0.927. The van der Waals surface area contributed by atoms with E-state index >= 15 is 0 Å². The molecule has 0 atom stereocenters. The van der Waals surface area contributed by atoms with Crippen LogP contribution in [0, 0.1) is 0 Å². The van der Waals surface area contributed by atoms with Gasteiger partial charge in [0.05, 0.1) is 23.8 Å². The monoisotopic (exact) mass is 463 g/mol. The van der Waals surface area contributed by atoms with Crippen LogP contribution >= 0.6 is 11.3 Å². The molecule has 0 aliphatic carbocycles. The van der Waals surface area contributed by atoms with Gasteiger partial charge in [-0.15, -0.1) is 11.3 Å². The lowest BCUT2D eigenvalue weighted by Crippen LogP contribution is -2.38. The molecular weight excluding hydrogens is 434 g/mol. The molecule has 0 saturated carbocycles. The minimum absolute atomic E-state index is 0.0354. The quantitative estimate of drug-likeness (QED) is 0.401. The summed E-state index contributed by atoms with van der Waals surface area (Å²) in [5.74, 6) is -0.0354. The van der Waals surface area contributed by atoms with Gasteiger partial charge in [-0.05, 0) is 49.5 Å². The first-order valence-corrected chi connectivity index (χ1v) is 12.4. The molecule has 0 bridgehead atoms. The number of rotatable bonds is 8. The summed E-state index contributed by atoms with van der Waals surface area (Å²) in [7, 11) is 0. The van der Waals surface area contributed by atoms with Crippen molar-refractivity contribution >= 4 is 28.3 Å². The smallest absolute Gasteiger partial charge is 0.267 e. The number of ether oxygens (including phenoxy) is 1. The fraction of sp³-hybridized carbons (Fsp3) is 0.360. The SMILES string of the molecule is CCn1c(C(=O)NCCCN2CCOCC2)cc2c(-c3cccs3)nn(-c3ccccc3)c21. The van der Waals surface area contributed by atoms with E-state index in [0.29, 0.717) is 18.8 Å². The summed E-state index contributed by atoms with van der Waals surface area (Å²) in [4.78, 5) is 16.7. The highest BCUT2D eigenvalue weighted by Crippen LogP contribution is 2.34. The Morgan fingerprint density at radius 3 is 2.70 bits per heavy atom. The highest BCUT2D eigenvalue weighted by Gasteiger charge is 2.23. The molecule has 172 valence electrons. The molecule has 0 spiro atoms. The highest BCUT2D eigenvalue weighted by molar-refractivity contribution is 7.13. The van der Waals surface area contributed by atoms with Crippen molar-refractivity contribution in [3.05, 3.63) is 59.6 Å². The van der Waals surface area contributed by atoms with Crippen LogP contribution in [0.4, 0.5) is 0 Å². The Kier molecular flexibility index (Phi) is 6.57. The van der Waals surface area contributed by atoms with Gasteiger partial charge in [0.15, 0.2) is 0 Å². The molecule has 1 N–H and O–H groups in total. The zero-order valence-corrected chi connectivity index (χ0v) is 19.7. The number of nitrogens with one attached hydrogen (secondary N) is 1. The van der Waals surface area contributed by atoms with Crippen molar-refractivity contribution < 1.29 is 9.53 Å². The first kappa shape index (κ1) is 21.9. The molecule has 0 radical (unpaired) electrons. The van der Waals surface area contributed by atoms with Crippen LogP contribution in [0.1, 0.15) is 23.8 Å². The van der Waals surface area contributed by atoms with E-state index < -0.39 is 0 Å². The second-order valence-electron chi connectivity index (χ2n) is 8.15. The molecule has 4 aromatic rings. The molecular formula is C25H29N5O2S. The molecule has 0 unspecified atom stereocenters. The number of morpholine rings is 1. The molecule has 1 aliphatic heterocycles. The van der Waals surface area contributed by atoms with Crippen LogP contribution in [0.3, 0.4) is 0 Å². The van der Waals surface area contributed by atoms with Crippen molar-refractivity contribution in [2.24, 2.45) is 0 Å². The zero-order valence-electron chi connectivity index (χ0n) is 18.9. The number of fused-ring (bicyclic) bond motifs is 1. The van der Waals surface area contributed by atoms with Crippen LogP contribution in [0.25, 0.3) is 27.3 Å². The van der Waals surface area contributed by atoms with Gasteiger partial charge in [0.2, 0.25) is 0 Å². The number of amides is 1. The third-order valence-electron chi connectivity index (χ3n) is 6.07. The number of thiophene rings is 1. The summed E-state index contributed by atoms with van der Waals surface area (Å²) in [6.45, 7) is 7.93. The van der Waals surface area contributed by atoms with E-state index in [4.69, 9.17) is 9.84 Å². The van der Waals surface area contributed by atoms with Gasteiger partial charge in [0, 0.05) is 31.6 Å². The van der Waals surface area contributed by atoms with Crippen LogP contribution in [0.15, 0.2) is 53.9 Å². The minimum Gasteiger partial charge on any atom is -0.379 e. The molecule has 1 saturated heterocycles. The van der Waals surface area contributed by atoms with Gasteiger partial charge in [-0.3, -0.25) is 9.69 Å². The van der Waals surface area contributed by atoms with Crippen LogP contribution < -0.4 is 5.32 Å². The van der Waals surface area contributed by atoms with E-state index in [9.17, 15) is 4.79 Å². The molecule has 5 rings (SSSR count). The van der Waals surface area contributed by atoms with E-state index in [1.165, 1.54) is 0 Å². The molecule has 4 heterocycles. The van der Waals surface area contributed by atoms with Crippen molar-refractivity contribution in [2.45, 2.75) is 19.9 Å². The van der Waals surface area contributed by atoms with Gasteiger partial charge in [-0.1, -0.05) is 24.3 Å². The molecule has 1 aliphatic rings. The Morgan fingerprint density at radius 1 is 1.15 bits per heavy atom. The zero-order chi connectivity index (χ0) is 22.6. The summed E-state index contributed by atoms with van der Waals surface area (Å²) < 4.78 is 9.44. The lowest BCUT2D eigenvalue weighted by molar-refractivity contribution is 0.0374. The van der Waals surface area contributed by atoms with E-state index in [1.807, 2.05) is 47.1 Å². The molecule has 33 heavy (non-hydrogen) atoms. The van der Waals surface area contributed by atoms with Crippen molar-refractivity contribution in [3.63, 3.8) is 0 Å². The molecule has 1 aromatic carbocycles. The van der Waals surface area contributed by atoms with E-state index in [0.717, 1.165) is 66.6 Å². The predicted octanol–water partition coefficient (Wildman–Crippen LogP) is 4.03. The second-order valence-corrected chi connectivity index (χ2v) is 9.10. The molecule has 7 nitrogen and oxygen atoms in total. The number of benzene rings is 1. The summed E-state index contributed by atoms with van der Waals surface area (Å²) in [5.41, 5.74) is 3.53. The molecule has 3 aromatic heterocycles. The Morgan fingerprint density at radius 2 is 1.97 bits per heavy atom. The lowest BCUT2D eigenvalue weighted by atomic mass is 10.2. The summed E-state index contributed by atoms with van der Waals surface area (Å²) in [6, 6.07) is 16.2. The number of para-hydroxylation sites is 1. The molecule has 8 heteroatoms. The number of nitrogens with zero attached hydrogens (tertiary/aromatic N) is 4. The van der Waals surface area contributed by atoms with E-state index in [2.05, 4.69) is 33.2 Å². The lowest BCUT2D eigenvalue weighted by Gasteiger charge is -2.26. The molecule has 1 amide bonds. The first-order chi connectivity index (χ1) is 16.3. The minimum atomic E-state index is -0.0354. The van der Waals surface area contributed by atoms with Crippen LogP contribution in [0.2, 0.25) is 0 Å². The Bertz CT molecular complexity index is 1210. The van der Waals surface area contributed by atoms with Gasteiger partial charge in [-0.25, -0.2) is 4.68 Å². The fourth-order valence-electron chi connectivity index (χ4n) is 4.42. The van der Waals surface area contributed by atoms with Gasteiger partial charge in [0.25, 0.3) is 5.91 Å². The van der Waals surface area contributed by atoms with Crippen LogP contribution in [0.5, 0.6) is 0 Å². The Hall–Kier alpha value is -2.94. The van der Waals surface area contributed by atoms with Gasteiger partial charge >= 0.3 is 0 Å². The fourth-order valence-corrected chi connectivity index (χ4v) is 5.14. The van der Waals surface area contributed by atoms with Crippen molar-refractivity contribution in [2.75, 3.05) is 39.4 Å². The number of hydrogen-bond acceptors (Lipinski definition) is 5. The second kappa shape index (κ2) is 9.91. The van der Waals surface area contributed by atoms with Crippen molar-refractivity contribution in [3.8, 4) is 16.3 Å². The van der Waals surface area contributed by atoms with Gasteiger partial charge in [0.1, 0.15) is 17.0 Å². The highest BCUT2D eigenvalue weighted by atomic mass is 32.1. The average molecular weight is 464 g/mol. The van der Waals surface area contributed by atoms with Gasteiger partial charge in [-0.2, -0.15) is 5.10 Å².